The molecule has 0 spiro atoms. The number of aryl methyl sites for hydroxylation is 2. The van der Waals surface area contributed by atoms with Gasteiger partial charge in [-0.05, 0) is 58.4 Å². The number of benzene rings is 1. The van der Waals surface area contributed by atoms with E-state index in [-0.39, 0.29) is 6.10 Å². The molecule has 0 saturated carbocycles. The maximum atomic E-state index is 5.80. The van der Waals surface area contributed by atoms with Crippen LogP contribution in [0.2, 0.25) is 0 Å². The topological polar surface area (TPSA) is 39.1 Å². The predicted molar refractivity (Wildman–Crippen MR) is 85.1 cm³/mol. The number of rotatable bonds is 3. The first-order chi connectivity index (χ1) is 10.0. The largest absolute Gasteiger partial charge is 0.380 e. The molecule has 2 aromatic rings. The second-order valence-electron chi connectivity index (χ2n) is 6.03. The van der Waals surface area contributed by atoms with Gasteiger partial charge >= 0.3 is 0 Å². The maximum absolute atomic E-state index is 5.80. The summed E-state index contributed by atoms with van der Waals surface area (Å²) in [5.74, 6) is 0. The zero-order valence-corrected chi connectivity index (χ0v) is 13.1. The summed E-state index contributed by atoms with van der Waals surface area (Å²) in [7, 11) is 0. The molecule has 3 rings (SSSR count). The smallest absolute Gasteiger partial charge is 0.0752 e. The van der Waals surface area contributed by atoms with Crippen LogP contribution < -0.4 is 5.32 Å². The molecule has 0 radical (unpaired) electrons. The Bertz CT molecular complexity index is 635. The number of ether oxygens (including phenoxy) is 1. The fourth-order valence-electron chi connectivity index (χ4n) is 3.07. The van der Waals surface area contributed by atoms with Crippen molar-refractivity contribution < 1.29 is 4.74 Å². The molecular weight excluding hydrogens is 262 g/mol. The summed E-state index contributed by atoms with van der Waals surface area (Å²) >= 11 is 0. The van der Waals surface area contributed by atoms with Crippen molar-refractivity contribution in [1.29, 1.82) is 0 Å². The number of hydrogen-bond donors (Lipinski definition) is 1. The lowest BCUT2D eigenvalue weighted by Gasteiger charge is -2.18. The summed E-state index contributed by atoms with van der Waals surface area (Å²) in [5, 5.41) is 8.14. The number of hydrogen-bond acceptors (Lipinski definition) is 3. The highest BCUT2D eigenvalue weighted by Gasteiger charge is 2.29. The third-order valence-electron chi connectivity index (χ3n) is 4.05. The van der Waals surface area contributed by atoms with Gasteiger partial charge in [0.1, 0.15) is 0 Å². The molecule has 4 nitrogen and oxygen atoms in total. The molecule has 0 amide bonds. The third kappa shape index (κ3) is 2.95. The van der Waals surface area contributed by atoms with Crippen molar-refractivity contribution in [2.45, 2.75) is 52.4 Å². The van der Waals surface area contributed by atoms with E-state index in [0.717, 1.165) is 29.2 Å². The Hall–Kier alpha value is -1.81. The SMILES string of the molecule is Cc1cc(C)n(-c2cccc(NC3CC(C)OC3C)c2)n1. The second kappa shape index (κ2) is 5.53. The lowest BCUT2D eigenvalue weighted by Crippen LogP contribution is -2.26. The van der Waals surface area contributed by atoms with Crippen LogP contribution in [0.4, 0.5) is 5.69 Å². The molecule has 21 heavy (non-hydrogen) atoms. The van der Waals surface area contributed by atoms with E-state index in [9.17, 15) is 0 Å². The summed E-state index contributed by atoms with van der Waals surface area (Å²) < 4.78 is 7.79. The Labute approximate surface area is 126 Å². The van der Waals surface area contributed by atoms with Crippen molar-refractivity contribution >= 4 is 5.69 Å². The molecule has 1 aliphatic rings. The lowest BCUT2D eigenvalue weighted by atomic mass is 10.1. The van der Waals surface area contributed by atoms with Crippen molar-refractivity contribution in [3.05, 3.63) is 41.7 Å². The zero-order valence-electron chi connectivity index (χ0n) is 13.1. The van der Waals surface area contributed by atoms with Crippen molar-refractivity contribution in [2.75, 3.05) is 5.32 Å². The van der Waals surface area contributed by atoms with Gasteiger partial charge in [-0.2, -0.15) is 5.10 Å². The minimum atomic E-state index is 0.248. The molecule has 1 aromatic heterocycles. The summed E-state index contributed by atoms with van der Waals surface area (Å²) in [5.41, 5.74) is 4.40. The molecule has 2 heterocycles. The van der Waals surface area contributed by atoms with Crippen LogP contribution in [0.25, 0.3) is 5.69 Å². The predicted octanol–water partition coefficient (Wildman–Crippen LogP) is 3.47. The van der Waals surface area contributed by atoms with Crippen LogP contribution in [0.5, 0.6) is 0 Å². The van der Waals surface area contributed by atoms with Gasteiger partial charge in [0, 0.05) is 11.4 Å². The van der Waals surface area contributed by atoms with Gasteiger partial charge in [0.25, 0.3) is 0 Å². The van der Waals surface area contributed by atoms with Crippen molar-refractivity contribution in [2.24, 2.45) is 0 Å². The fourth-order valence-corrected chi connectivity index (χ4v) is 3.07. The van der Waals surface area contributed by atoms with E-state index in [4.69, 9.17) is 4.74 Å². The highest BCUT2D eigenvalue weighted by atomic mass is 16.5. The van der Waals surface area contributed by atoms with Gasteiger partial charge in [-0.3, -0.25) is 0 Å². The molecule has 1 aromatic carbocycles. The van der Waals surface area contributed by atoms with E-state index in [1.807, 2.05) is 11.6 Å². The van der Waals surface area contributed by atoms with Crippen LogP contribution in [0.15, 0.2) is 30.3 Å². The van der Waals surface area contributed by atoms with Crippen LogP contribution in [0, 0.1) is 13.8 Å². The van der Waals surface area contributed by atoms with Crippen LogP contribution >= 0.6 is 0 Å². The normalized spacial score (nSPS) is 25.2. The van der Waals surface area contributed by atoms with E-state index in [1.165, 1.54) is 0 Å². The van der Waals surface area contributed by atoms with E-state index in [0.29, 0.717) is 12.1 Å². The minimum absolute atomic E-state index is 0.248. The number of nitrogens with one attached hydrogen (secondary N) is 1. The Morgan fingerprint density at radius 1 is 1.24 bits per heavy atom. The van der Waals surface area contributed by atoms with Gasteiger partial charge in [0.2, 0.25) is 0 Å². The fraction of sp³-hybridized carbons (Fsp3) is 0.471. The van der Waals surface area contributed by atoms with E-state index >= 15 is 0 Å². The molecule has 1 aliphatic heterocycles. The lowest BCUT2D eigenvalue weighted by molar-refractivity contribution is 0.0650. The molecule has 0 aliphatic carbocycles. The number of anilines is 1. The van der Waals surface area contributed by atoms with Crippen LogP contribution in [0.3, 0.4) is 0 Å². The Morgan fingerprint density at radius 3 is 2.67 bits per heavy atom. The van der Waals surface area contributed by atoms with Crippen LogP contribution in [-0.4, -0.2) is 28.0 Å². The molecule has 112 valence electrons. The summed E-state index contributed by atoms with van der Waals surface area (Å²) in [6.07, 6.45) is 1.62. The second-order valence-corrected chi connectivity index (χ2v) is 6.03. The monoisotopic (exact) mass is 285 g/mol. The molecule has 1 saturated heterocycles. The highest BCUT2D eigenvalue weighted by Crippen LogP contribution is 2.24. The standard InChI is InChI=1S/C17H23N3O/c1-11-8-12(2)20(19-11)16-7-5-6-15(10-16)18-17-9-13(3)21-14(17)4/h5-8,10,13-14,17-18H,9H2,1-4H3. The molecule has 0 bridgehead atoms. The molecule has 4 heteroatoms. The van der Waals surface area contributed by atoms with Gasteiger partial charge in [-0.1, -0.05) is 6.07 Å². The summed E-state index contributed by atoms with van der Waals surface area (Å²) in [6, 6.07) is 10.9. The van der Waals surface area contributed by atoms with Gasteiger partial charge < -0.3 is 10.1 Å². The number of nitrogens with zero attached hydrogens (tertiary/aromatic N) is 2. The van der Waals surface area contributed by atoms with Crippen molar-refractivity contribution in [1.82, 2.24) is 9.78 Å². The molecule has 1 N–H and O–H groups in total. The average molecular weight is 285 g/mol. The van der Waals surface area contributed by atoms with Gasteiger partial charge in [0.05, 0.1) is 29.6 Å². The zero-order chi connectivity index (χ0) is 15.0. The van der Waals surface area contributed by atoms with Crippen molar-refractivity contribution in [3.8, 4) is 5.69 Å². The molecule has 1 fully saturated rings. The summed E-state index contributed by atoms with van der Waals surface area (Å²) in [6.45, 7) is 8.36. The first-order valence-electron chi connectivity index (χ1n) is 7.58. The number of aromatic nitrogens is 2. The first-order valence-corrected chi connectivity index (χ1v) is 7.58. The van der Waals surface area contributed by atoms with E-state index < -0.39 is 0 Å². The van der Waals surface area contributed by atoms with Gasteiger partial charge in [0.15, 0.2) is 0 Å². The maximum Gasteiger partial charge on any atom is 0.0752 e. The molecule has 3 atom stereocenters. The Morgan fingerprint density at radius 2 is 2.05 bits per heavy atom. The highest BCUT2D eigenvalue weighted by molar-refractivity contribution is 5.52. The average Bonchev–Trinajstić information content (AvgIpc) is 2.92. The Balaban J connectivity index is 1.82. The van der Waals surface area contributed by atoms with Crippen molar-refractivity contribution in [3.63, 3.8) is 0 Å². The van der Waals surface area contributed by atoms with Gasteiger partial charge in [-0.15, -0.1) is 0 Å². The van der Waals surface area contributed by atoms with Crippen LogP contribution in [-0.2, 0) is 4.74 Å². The first kappa shape index (κ1) is 14.1. The summed E-state index contributed by atoms with van der Waals surface area (Å²) in [4.78, 5) is 0. The van der Waals surface area contributed by atoms with Crippen LogP contribution in [0.1, 0.15) is 31.7 Å². The third-order valence-corrected chi connectivity index (χ3v) is 4.05. The molecular formula is C17H23N3O. The quantitative estimate of drug-likeness (QED) is 0.938. The molecule has 3 unspecified atom stereocenters. The van der Waals surface area contributed by atoms with E-state index in [1.54, 1.807) is 0 Å². The minimum Gasteiger partial charge on any atom is -0.380 e. The van der Waals surface area contributed by atoms with E-state index in [2.05, 4.69) is 61.5 Å². The Kier molecular flexibility index (Phi) is 3.72. The van der Waals surface area contributed by atoms with Gasteiger partial charge in [-0.25, -0.2) is 4.68 Å².